The predicted octanol–water partition coefficient (Wildman–Crippen LogP) is 7.14. The Morgan fingerprint density at radius 1 is 1.06 bits per heavy atom. The fourth-order valence-electron chi connectivity index (χ4n) is 3.53. The van der Waals surface area contributed by atoms with Crippen LogP contribution in [0.3, 0.4) is 0 Å². The number of imidazole rings is 1. The highest BCUT2D eigenvalue weighted by atomic mass is 35.5. The average molecular weight is 469 g/mol. The van der Waals surface area contributed by atoms with Gasteiger partial charge in [0.1, 0.15) is 0 Å². The van der Waals surface area contributed by atoms with Crippen LogP contribution in [0.5, 0.6) is 0 Å². The molecule has 9 heteroatoms. The van der Waals surface area contributed by atoms with Gasteiger partial charge in [0.05, 0.1) is 37.4 Å². The van der Waals surface area contributed by atoms with E-state index >= 15 is 0 Å². The van der Waals surface area contributed by atoms with Crippen LogP contribution in [0.25, 0.3) is 11.0 Å². The lowest BCUT2D eigenvalue weighted by Gasteiger charge is -2.15. The van der Waals surface area contributed by atoms with Gasteiger partial charge in [-0.05, 0) is 29.8 Å². The van der Waals surface area contributed by atoms with Gasteiger partial charge >= 0.3 is 0 Å². The van der Waals surface area contributed by atoms with Crippen molar-refractivity contribution in [1.82, 2.24) is 9.97 Å². The first-order chi connectivity index (χ1) is 15.0. The van der Waals surface area contributed by atoms with Crippen LogP contribution in [0, 0.1) is 10.1 Å². The summed E-state index contributed by atoms with van der Waals surface area (Å²) >= 11 is 13.9. The summed E-state index contributed by atoms with van der Waals surface area (Å²) in [5.74, 6) is 0.626. The molecule has 1 atom stereocenters. The van der Waals surface area contributed by atoms with E-state index in [4.69, 9.17) is 28.2 Å². The SMILES string of the molecule is O=[N+]([O-])c1cccc(C2CC(c3nc4cc(Cl)c(Cl)cc4[nH]3)=Nc3ccccc3S2)c1. The zero-order valence-electron chi connectivity index (χ0n) is 15.9. The summed E-state index contributed by atoms with van der Waals surface area (Å²) in [7, 11) is 0. The van der Waals surface area contributed by atoms with Gasteiger partial charge in [-0.2, -0.15) is 0 Å². The quantitative estimate of drug-likeness (QED) is 0.255. The minimum absolute atomic E-state index is 0.0670. The lowest BCUT2D eigenvalue weighted by Crippen LogP contribution is -2.07. The molecule has 0 spiro atoms. The fraction of sp³-hybridized carbons (Fsp3) is 0.0909. The van der Waals surface area contributed by atoms with E-state index in [2.05, 4.69) is 9.97 Å². The van der Waals surface area contributed by atoms with Crippen LogP contribution in [-0.4, -0.2) is 20.6 Å². The van der Waals surface area contributed by atoms with E-state index in [9.17, 15) is 10.1 Å². The lowest BCUT2D eigenvalue weighted by molar-refractivity contribution is -0.384. The van der Waals surface area contributed by atoms with E-state index in [1.54, 1.807) is 36.0 Å². The smallest absolute Gasteiger partial charge is 0.269 e. The fourth-order valence-corrected chi connectivity index (χ4v) is 5.07. The number of aromatic nitrogens is 2. The Labute approximate surface area is 191 Å². The minimum Gasteiger partial charge on any atom is -0.337 e. The number of aliphatic imine (C=N–C) groups is 1. The molecule has 1 N–H and O–H groups in total. The molecule has 3 aromatic carbocycles. The van der Waals surface area contributed by atoms with Crippen molar-refractivity contribution in [2.45, 2.75) is 16.6 Å². The molecule has 4 aromatic rings. The van der Waals surface area contributed by atoms with Crippen LogP contribution in [0.15, 0.2) is 70.6 Å². The van der Waals surface area contributed by atoms with Crippen molar-refractivity contribution in [3.63, 3.8) is 0 Å². The van der Waals surface area contributed by atoms with Gasteiger partial charge in [0.2, 0.25) is 0 Å². The maximum Gasteiger partial charge on any atom is 0.269 e. The molecule has 6 nitrogen and oxygen atoms in total. The number of aromatic amines is 1. The van der Waals surface area contributed by atoms with E-state index < -0.39 is 0 Å². The first-order valence-electron chi connectivity index (χ1n) is 9.40. The maximum absolute atomic E-state index is 11.3. The molecule has 31 heavy (non-hydrogen) atoms. The molecule has 0 aliphatic carbocycles. The Bertz CT molecular complexity index is 1330. The molecule has 1 aromatic heterocycles. The number of nitro groups is 1. The molecule has 1 aliphatic rings. The lowest BCUT2D eigenvalue weighted by atomic mass is 10.1. The zero-order chi connectivity index (χ0) is 21.5. The van der Waals surface area contributed by atoms with Gasteiger partial charge < -0.3 is 4.98 Å². The number of hydrogen-bond donors (Lipinski definition) is 1. The summed E-state index contributed by atoms with van der Waals surface area (Å²) in [5.41, 5.74) is 4.01. The number of nitrogens with zero attached hydrogens (tertiary/aromatic N) is 3. The third-order valence-electron chi connectivity index (χ3n) is 5.02. The number of non-ortho nitro benzene ring substituents is 1. The van der Waals surface area contributed by atoms with Gasteiger partial charge in [-0.25, -0.2) is 9.98 Å². The number of thioether (sulfide) groups is 1. The van der Waals surface area contributed by atoms with E-state index in [1.807, 2.05) is 30.3 Å². The van der Waals surface area contributed by atoms with Crippen molar-refractivity contribution in [2.24, 2.45) is 4.99 Å². The highest BCUT2D eigenvalue weighted by molar-refractivity contribution is 7.99. The first kappa shape index (κ1) is 20.1. The van der Waals surface area contributed by atoms with E-state index in [1.165, 1.54) is 6.07 Å². The second-order valence-corrected chi connectivity index (χ2v) is 9.12. The number of benzene rings is 3. The van der Waals surface area contributed by atoms with E-state index in [0.717, 1.165) is 27.4 Å². The van der Waals surface area contributed by atoms with Gasteiger partial charge in [-0.3, -0.25) is 10.1 Å². The molecule has 5 rings (SSSR count). The van der Waals surface area contributed by atoms with Gasteiger partial charge in [-0.15, -0.1) is 11.8 Å². The molecular weight excluding hydrogens is 455 g/mol. The summed E-state index contributed by atoms with van der Waals surface area (Å²) in [6, 6.07) is 18.1. The van der Waals surface area contributed by atoms with Crippen molar-refractivity contribution in [3.8, 4) is 0 Å². The molecule has 0 saturated carbocycles. The number of rotatable bonds is 3. The number of nitrogens with one attached hydrogen (secondary N) is 1. The molecule has 154 valence electrons. The van der Waals surface area contributed by atoms with Crippen LogP contribution >= 0.6 is 35.0 Å². The molecule has 0 saturated heterocycles. The van der Waals surface area contributed by atoms with Crippen LogP contribution < -0.4 is 0 Å². The zero-order valence-corrected chi connectivity index (χ0v) is 18.2. The van der Waals surface area contributed by atoms with Gasteiger partial charge in [0.25, 0.3) is 5.69 Å². The number of hydrogen-bond acceptors (Lipinski definition) is 5. The molecule has 1 aliphatic heterocycles. The Morgan fingerprint density at radius 2 is 1.87 bits per heavy atom. The van der Waals surface area contributed by atoms with Gasteiger partial charge in [0.15, 0.2) is 5.82 Å². The molecule has 0 bridgehead atoms. The summed E-state index contributed by atoms with van der Waals surface area (Å²) in [5, 5.41) is 12.1. The third-order valence-corrected chi connectivity index (χ3v) is 7.06. The Balaban J connectivity index is 1.62. The van der Waals surface area contributed by atoms with E-state index in [0.29, 0.717) is 27.8 Å². The Kier molecular flexibility index (Phi) is 5.17. The molecular formula is C22H14Cl2N4O2S. The van der Waals surface area contributed by atoms with Crippen molar-refractivity contribution in [2.75, 3.05) is 0 Å². The summed E-state index contributed by atoms with van der Waals surface area (Å²) in [4.78, 5) is 24.8. The van der Waals surface area contributed by atoms with Gasteiger partial charge in [0, 0.05) is 28.7 Å². The van der Waals surface area contributed by atoms with Crippen molar-refractivity contribution in [3.05, 3.63) is 92.2 Å². The first-order valence-corrected chi connectivity index (χ1v) is 11.0. The summed E-state index contributed by atoms with van der Waals surface area (Å²) in [6.45, 7) is 0. The van der Waals surface area contributed by atoms with Crippen LogP contribution in [0.4, 0.5) is 11.4 Å². The monoisotopic (exact) mass is 468 g/mol. The number of H-pyrrole nitrogens is 1. The van der Waals surface area contributed by atoms with Crippen LogP contribution in [0.2, 0.25) is 10.0 Å². The minimum atomic E-state index is -0.374. The summed E-state index contributed by atoms with van der Waals surface area (Å²) < 4.78 is 0. The Morgan fingerprint density at radius 3 is 2.71 bits per heavy atom. The average Bonchev–Trinajstić information content (AvgIpc) is 3.05. The molecule has 1 unspecified atom stereocenters. The van der Waals surface area contributed by atoms with Gasteiger partial charge in [-0.1, -0.05) is 47.5 Å². The second-order valence-electron chi connectivity index (χ2n) is 7.06. The largest absolute Gasteiger partial charge is 0.337 e. The normalized spacial score (nSPS) is 15.9. The summed E-state index contributed by atoms with van der Waals surface area (Å²) in [6.07, 6.45) is 0.543. The molecule has 0 radical (unpaired) electrons. The second kappa shape index (κ2) is 8.00. The van der Waals surface area contributed by atoms with Crippen LogP contribution in [-0.2, 0) is 0 Å². The van der Waals surface area contributed by atoms with Crippen LogP contribution in [0.1, 0.15) is 23.1 Å². The number of nitro benzene ring substituents is 1. The number of halogens is 2. The molecule has 0 fully saturated rings. The van der Waals surface area contributed by atoms with Crippen molar-refractivity contribution in [1.29, 1.82) is 0 Å². The highest BCUT2D eigenvalue weighted by Crippen LogP contribution is 2.45. The number of fused-ring (bicyclic) bond motifs is 2. The maximum atomic E-state index is 11.3. The topological polar surface area (TPSA) is 84.2 Å². The molecule has 2 heterocycles. The number of para-hydroxylation sites is 1. The highest BCUT2D eigenvalue weighted by Gasteiger charge is 2.25. The standard InChI is InChI=1S/C22H14Cl2N4O2S/c23-14-9-17-18(10-15(14)24)27-22(26-17)19-11-21(12-4-3-5-13(8-12)28(29)30)31-20-7-2-1-6-16(20)25-19/h1-10,21H,11H2,(H,26,27). The van der Waals surface area contributed by atoms with E-state index in [-0.39, 0.29) is 15.9 Å². The van der Waals surface area contributed by atoms with Crippen molar-refractivity contribution >= 4 is 63.1 Å². The third kappa shape index (κ3) is 3.92. The molecule has 0 amide bonds. The predicted molar refractivity (Wildman–Crippen MR) is 125 cm³/mol. The van der Waals surface area contributed by atoms with Crippen molar-refractivity contribution < 1.29 is 4.92 Å². The Hall–Kier alpha value is -2.87.